The van der Waals surface area contributed by atoms with Gasteiger partial charge >= 0.3 is 0 Å². The van der Waals surface area contributed by atoms with E-state index in [2.05, 4.69) is 9.89 Å². The molecule has 138 valence electrons. The van der Waals surface area contributed by atoms with Crippen molar-refractivity contribution in [3.05, 3.63) is 30.3 Å². The first-order chi connectivity index (χ1) is 12.6. The van der Waals surface area contributed by atoms with Gasteiger partial charge in [0.05, 0.1) is 12.2 Å². The minimum Gasteiger partial charge on any atom is -0.302 e. The quantitative estimate of drug-likeness (QED) is 0.450. The Hall–Kier alpha value is -2.12. The summed E-state index contributed by atoms with van der Waals surface area (Å²) in [7, 11) is 1.60. The highest BCUT2D eigenvalue weighted by Crippen LogP contribution is 2.23. The molecule has 0 bridgehead atoms. The van der Waals surface area contributed by atoms with Crippen molar-refractivity contribution in [3.8, 4) is 0 Å². The molecule has 2 saturated heterocycles. The molecule has 0 aliphatic carbocycles. The Bertz CT molecular complexity index is 701. The van der Waals surface area contributed by atoms with Crippen LogP contribution in [0.4, 0.5) is 5.69 Å². The van der Waals surface area contributed by atoms with Crippen molar-refractivity contribution in [2.75, 3.05) is 38.1 Å². The number of thiocarbonyl (C=S) groups is 1. The first-order valence-electron chi connectivity index (χ1n) is 9.02. The molecule has 2 amide bonds. The third kappa shape index (κ3) is 3.99. The summed E-state index contributed by atoms with van der Waals surface area (Å²) in [4.78, 5) is 34.9. The number of amides is 2. The number of hydrogen-bond donors (Lipinski definition) is 0. The number of carbonyl (C=O) groups excluding carboxylic acids is 2. The molecule has 0 unspecified atom stereocenters. The summed E-state index contributed by atoms with van der Waals surface area (Å²) in [6.45, 7) is 3.67. The standard InChI is InChI=1S/C19H24N4O2S/c1-21-17(24)16(14-20-10-13-22-11-6-3-7-12-22)18(25)23(19(21)26)15-8-4-2-5-9-15/h2,4-5,8-9,14,16H,3,6-7,10-13H2,1H3/t16-/m1/s1. The van der Waals surface area contributed by atoms with Crippen molar-refractivity contribution in [2.24, 2.45) is 10.9 Å². The van der Waals surface area contributed by atoms with Gasteiger partial charge in [0.25, 0.3) is 5.91 Å². The summed E-state index contributed by atoms with van der Waals surface area (Å²) in [5, 5.41) is 0.198. The smallest absolute Gasteiger partial charge is 0.251 e. The summed E-state index contributed by atoms with van der Waals surface area (Å²) in [6.07, 6.45) is 5.25. The summed E-state index contributed by atoms with van der Waals surface area (Å²) < 4.78 is 0. The summed E-state index contributed by atoms with van der Waals surface area (Å²) in [5.74, 6) is -1.59. The average molecular weight is 372 g/mol. The summed E-state index contributed by atoms with van der Waals surface area (Å²) >= 11 is 5.32. The molecule has 0 radical (unpaired) electrons. The number of para-hydroxylation sites is 1. The highest BCUT2D eigenvalue weighted by molar-refractivity contribution is 7.80. The lowest BCUT2D eigenvalue weighted by Gasteiger charge is -2.36. The van der Waals surface area contributed by atoms with Crippen LogP contribution in [0.2, 0.25) is 0 Å². The maximum Gasteiger partial charge on any atom is 0.251 e. The Balaban J connectivity index is 1.69. The molecule has 0 N–H and O–H groups in total. The molecule has 1 aromatic carbocycles. The van der Waals surface area contributed by atoms with E-state index in [4.69, 9.17) is 12.2 Å². The van der Waals surface area contributed by atoms with E-state index in [9.17, 15) is 9.59 Å². The van der Waals surface area contributed by atoms with E-state index in [1.807, 2.05) is 18.2 Å². The van der Waals surface area contributed by atoms with Gasteiger partial charge in [0.2, 0.25) is 5.91 Å². The Morgan fingerprint density at radius 3 is 2.50 bits per heavy atom. The number of piperidine rings is 1. The van der Waals surface area contributed by atoms with E-state index in [1.165, 1.54) is 35.3 Å². The lowest BCUT2D eigenvalue weighted by molar-refractivity contribution is -0.135. The lowest BCUT2D eigenvalue weighted by Crippen LogP contribution is -2.59. The molecule has 2 heterocycles. The van der Waals surface area contributed by atoms with Gasteiger partial charge < -0.3 is 4.90 Å². The molecule has 2 aliphatic rings. The first-order valence-corrected chi connectivity index (χ1v) is 9.43. The van der Waals surface area contributed by atoms with Crippen LogP contribution in [0.25, 0.3) is 0 Å². The number of carbonyl (C=O) groups is 2. The van der Waals surface area contributed by atoms with Gasteiger partial charge in [-0.1, -0.05) is 24.6 Å². The van der Waals surface area contributed by atoms with Gasteiger partial charge in [-0.3, -0.25) is 24.4 Å². The number of rotatable bonds is 5. The second-order valence-electron chi connectivity index (χ2n) is 6.62. The van der Waals surface area contributed by atoms with Crippen LogP contribution in [-0.2, 0) is 9.59 Å². The fraction of sp³-hybridized carbons (Fsp3) is 0.474. The zero-order chi connectivity index (χ0) is 18.5. The third-order valence-corrected chi connectivity index (χ3v) is 5.28. The van der Waals surface area contributed by atoms with Crippen LogP contribution in [0.3, 0.4) is 0 Å². The van der Waals surface area contributed by atoms with Gasteiger partial charge in [0, 0.05) is 19.8 Å². The zero-order valence-corrected chi connectivity index (χ0v) is 15.8. The SMILES string of the molecule is CN1C(=O)[C@@H](C=NCCN2CCCCC2)C(=O)N(c2ccccc2)C1=S. The fourth-order valence-electron chi connectivity index (χ4n) is 3.30. The second kappa shape index (κ2) is 8.51. The van der Waals surface area contributed by atoms with Crippen molar-refractivity contribution in [1.29, 1.82) is 0 Å². The highest BCUT2D eigenvalue weighted by atomic mass is 32.1. The Kier molecular flexibility index (Phi) is 6.11. The monoisotopic (exact) mass is 372 g/mol. The van der Waals surface area contributed by atoms with E-state index >= 15 is 0 Å². The number of anilines is 1. The number of benzene rings is 1. The van der Waals surface area contributed by atoms with Gasteiger partial charge in [-0.05, 0) is 50.3 Å². The predicted octanol–water partition coefficient (Wildman–Crippen LogP) is 1.95. The molecule has 1 atom stereocenters. The van der Waals surface area contributed by atoms with E-state index in [0.29, 0.717) is 12.2 Å². The third-order valence-electron chi connectivity index (χ3n) is 4.82. The lowest BCUT2D eigenvalue weighted by atomic mass is 10.0. The molecule has 7 heteroatoms. The molecule has 0 saturated carbocycles. The van der Waals surface area contributed by atoms with Crippen molar-refractivity contribution in [3.63, 3.8) is 0 Å². The molecule has 0 spiro atoms. The van der Waals surface area contributed by atoms with Gasteiger partial charge in [-0.25, -0.2) is 0 Å². The van der Waals surface area contributed by atoms with Crippen molar-refractivity contribution in [1.82, 2.24) is 9.80 Å². The molecular formula is C19H24N4O2S. The molecule has 6 nitrogen and oxygen atoms in total. The van der Waals surface area contributed by atoms with Crippen LogP contribution < -0.4 is 4.90 Å². The molecule has 0 aromatic heterocycles. The van der Waals surface area contributed by atoms with E-state index < -0.39 is 5.92 Å². The van der Waals surface area contributed by atoms with Gasteiger partial charge in [-0.2, -0.15) is 0 Å². The maximum absolute atomic E-state index is 12.9. The Morgan fingerprint density at radius 2 is 1.81 bits per heavy atom. The van der Waals surface area contributed by atoms with Crippen LogP contribution >= 0.6 is 12.2 Å². The van der Waals surface area contributed by atoms with Gasteiger partial charge in [0.15, 0.2) is 11.0 Å². The molecule has 3 rings (SSSR count). The molecule has 1 aromatic rings. The minimum atomic E-state index is -0.923. The van der Waals surface area contributed by atoms with Crippen LogP contribution in [0.5, 0.6) is 0 Å². The summed E-state index contributed by atoms with van der Waals surface area (Å²) in [6, 6.07) is 9.15. The molecule has 2 aliphatic heterocycles. The fourth-order valence-corrected chi connectivity index (χ4v) is 3.58. The Labute approximate surface area is 159 Å². The normalized spacial score (nSPS) is 22.5. The molecular weight excluding hydrogens is 348 g/mol. The average Bonchev–Trinajstić information content (AvgIpc) is 2.67. The van der Waals surface area contributed by atoms with E-state index in [1.54, 1.807) is 19.2 Å². The van der Waals surface area contributed by atoms with E-state index in [0.717, 1.165) is 19.6 Å². The Morgan fingerprint density at radius 1 is 1.12 bits per heavy atom. The topological polar surface area (TPSA) is 56.2 Å². The van der Waals surface area contributed by atoms with Crippen molar-refractivity contribution in [2.45, 2.75) is 19.3 Å². The van der Waals surface area contributed by atoms with Crippen LogP contribution in [0.15, 0.2) is 35.3 Å². The second-order valence-corrected chi connectivity index (χ2v) is 6.99. The maximum atomic E-state index is 12.9. The minimum absolute atomic E-state index is 0.198. The van der Waals surface area contributed by atoms with Gasteiger partial charge in [0.1, 0.15) is 0 Å². The van der Waals surface area contributed by atoms with Gasteiger partial charge in [-0.15, -0.1) is 0 Å². The predicted molar refractivity (Wildman–Crippen MR) is 106 cm³/mol. The highest BCUT2D eigenvalue weighted by Gasteiger charge is 2.41. The van der Waals surface area contributed by atoms with Crippen LogP contribution in [0.1, 0.15) is 19.3 Å². The number of aliphatic imine (C=N–C) groups is 1. The number of hydrogen-bond acceptors (Lipinski definition) is 5. The van der Waals surface area contributed by atoms with Crippen molar-refractivity contribution < 1.29 is 9.59 Å². The largest absolute Gasteiger partial charge is 0.302 e. The van der Waals surface area contributed by atoms with Crippen LogP contribution in [-0.4, -0.2) is 66.2 Å². The molecule has 26 heavy (non-hydrogen) atoms. The van der Waals surface area contributed by atoms with E-state index in [-0.39, 0.29) is 16.9 Å². The summed E-state index contributed by atoms with van der Waals surface area (Å²) in [5.41, 5.74) is 0.661. The molecule has 2 fully saturated rings. The zero-order valence-electron chi connectivity index (χ0n) is 15.0. The van der Waals surface area contributed by atoms with Crippen molar-refractivity contribution >= 4 is 41.0 Å². The number of nitrogens with zero attached hydrogens (tertiary/aromatic N) is 4. The van der Waals surface area contributed by atoms with Crippen LogP contribution in [0, 0.1) is 5.92 Å². The first kappa shape index (κ1) is 18.7. The number of likely N-dealkylation sites (tertiary alicyclic amines) is 1.